The summed E-state index contributed by atoms with van der Waals surface area (Å²) in [5, 5.41) is 0.592. The van der Waals surface area contributed by atoms with Gasteiger partial charge in [-0.2, -0.15) is 0 Å². The molecule has 6 heteroatoms. The SMILES string of the molecule is CN1C(=O)N(C)C(=O)C2(Cc3ccccc3CC2c2ccc(Cl)cc2)C1=O. The minimum Gasteiger partial charge on any atom is -0.273 e. The number of nitrogens with zero attached hydrogens (tertiary/aromatic N) is 2. The van der Waals surface area contributed by atoms with Gasteiger partial charge in [-0.15, -0.1) is 0 Å². The van der Waals surface area contributed by atoms with Crippen LogP contribution in [0.4, 0.5) is 4.79 Å². The second kappa shape index (κ2) is 6.20. The zero-order valence-electron chi connectivity index (χ0n) is 15.1. The Balaban J connectivity index is 1.94. The topological polar surface area (TPSA) is 57.7 Å². The van der Waals surface area contributed by atoms with Crippen LogP contribution in [0.5, 0.6) is 0 Å². The molecule has 0 N–H and O–H groups in total. The van der Waals surface area contributed by atoms with Crippen LogP contribution in [0.2, 0.25) is 5.02 Å². The molecule has 2 aromatic rings. The molecule has 4 amide bonds. The second-order valence-corrected chi connectivity index (χ2v) is 7.67. The van der Waals surface area contributed by atoms with E-state index in [1.807, 2.05) is 36.4 Å². The molecule has 1 heterocycles. The van der Waals surface area contributed by atoms with Crippen LogP contribution in [0.3, 0.4) is 0 Å². The Labute approximate surface area is 162 Å². The summed E-state index contributed by atoms with van der Waals surface area (Å²) in [6.07, 6.45) is 0.821. The van der Waals surface area contributed by atoms with Crippen molar-refractivity contribution in [3.63, 3.8) is 0 Å². The number of hydrogen-bond acceptors (Lipinski definition) is 3. The Kier molecular flexibility index (Phi) is 4.07. The van der Waals surface area contributed by atoms with Crippen molar-refractivity contribution >= 4 is 29.4 Å². The third-order valence-electron chi connectivity index (χ3n) is 5.83. The highest BCUT2D eigenvalue weighted by molar-refractivity contribution is 6.30. The van der Waals surface area contributed by atoms with Gasteiger partial charge in [0.1, 0.15) is 5.41 Å². The standard InChI is InChI=1S/C21H19ClN2O3/c1-23-18(25)21(19(26)24(2)20(23)27)12-15-6-4-3-5-14(15)11-17(21)13-7-9-16(22)10-8-13/h3-10,17H,11-12H2,1-2H3. The first-order valence-electron chi connectivity index (χ1n) is 8.79. The number of carbonyl (C=O) groups is 3. The molecular formula is C21H19ClN2O3. The first-order valence-corrected chi connectivity index (χ1v) is 9.16. The van der Waals surface area contributed by atoms with Crippen LogP contribution in [0.25, 0.3) is 0 Å². The molecule has 5 nitrogen and oxygen atoms in total. The molecule has 27 heavy (non-hydrogen) atoms. The van der Waals surface area contributed by atoms with Crippen molar-refractivity contribution in [3.8, 4) is 0 Å². The fourth-order valence-corrected chi connectivity index (χ4v) is 4.51. The summed E-state index contributed by atoms with van der Waals surface area (Å²) in [6, 6.07) is 14.5. The fraction of sp³-hybridized carbons (Fsp3) is 0.286. The molecule has 1 unspecified atom stereocenters. The zero-order chi connectivity index (χ0) is 19.3. The first kappa shape index (κ1) is 17.7. The minimum absolute atomic E-state index is 0.274. The zero-order valence-corrected chi connectivity index (χ0v) is 15.9. The largest absolute Gasteiger partial charge is 0.332 e. The van der Waals surface area contributed by atoms with E-state index in [1.54, 1.807) is 12.1 Å². The maximum atomic E-state index is 13.4. The summed E-state index contributed by atoms with van der Waals surface area (Å²) in [5.41, 5.74) is 1.62. The van der Waals surface area contributed by atoms with Crippen molar-refractivity contribution < 1.29 is 14.4 Å². The third kappa shape index (κ3) is 2.49. The molecule has 2 aliphatic rings. The quantitative estimate of drug-likeness (QED) is 0.711. The number of amides is 4. The van der Waals surface area contributed by atoms with Crippen molar-refractivity contribution in [2.45, 2.75) is 18.8 Å². The predicted molar refractivity (Wildman–Crippen MR) is 101 cm³/mol. The summed E-state index contributed by atoms with van der Waals surface area (Å²) < 4.78 is 0. The van der Waals surface area contributed by atoms with Crippen LogP contribution < -0.4 is 0 Å². The van der Waals surface area contributed by atoms with Gasteiger partial charge in [-0.05, 0) is 41.7 Å². The van der Waals surface area contributed by atoms with E-state index in [0.29, 0.717) is 11.4 Å². The summed E-state index contributed by atoms with van der Waals surface area (Å²) >= 11 is 6.04. The molecule has 1 spiro atoms. The molecule has 1 saturated heterocycles. The van der Waals surface area contributed by atoms with E-state index in [9.17, 15) is 14.4 Å². The molecule has 0 bridgehead atoms. The Morgan fingerprint density at radius 2 is 1.44 bits per heavy atom. The average Bonchev–Trinajstić information content (AvgIpc) is 2.69. The van der Waals surface area contributed by atoms with Crippen molar-refractivity contribution in [3.05, 3.63) is 70.2 Å². The van der Waals surface area contributed by atoms with Crippen molar-refractivity contribution in [2.24, 2.45) is 5.41 Å². The lowest BCUT2D eigenvalue weighted by atomic mass is 9.60. The number of benzene rings is 2. The lowest BCUT2D eigenvalue weighted by Gasteiger charge is -2.48. The van der Waals surface area contributed by atoms with Gasteiger partial charge in [-0.1, -0.05) is 48.0 Å². The lowest BCUT2D eigenvalue weighted by Crippen LogP contribution is -2.66. The highest BCUT2D eigenvalue weighted by atomic mass is 35.5. The van der Waals surface area contributed by atoms with Gasteiger partial charge >= 0.3 is 6.03 Å². The average molecular weight is 383 g/mol. The van der Waals surface area contributed by atoms with E-state index in [4.69, 9.17) is 11.6 Å². The van der Waals surface area contributed by atoms with Crippen LogP contribution in [-0.2, 0) is 22.4 Å². The van der Waals surface area contributed by atoms with E-state index in [0.717, 1.165) is 26.5 Å². The molecule has 138 valence electrons. The van der Waals surface area contributed by atoms with Gasteiger partial charge in [-0.3, -0.25) is 19.4 Å². The van der Waals surface area contributed by atoms with Crippen LogP contribution in [0.1, 0.15) is 22.6 Å². The van der Waals surface area contributed by atoms with Gasteiger partial charge in [0.25, 0.3) is 0 Å². The number of hydrogen-bond donors (Lipinski definition) is 0. The molecule has 2 aromatic carbocycles. The maximum Gasteiger partial charge on any atom is 0.332 e. The van der Waals surface area contributed by atoms with Gasteiger partial charge in [-0.25, -0.2) is 4.79 Å². The van der Waals surface area contributed by atoms with E-state index in [1.165, 1.54) is 14.1 Å². The Bertz CT molecular complexity index is 930. The normalized spacial score (nSPS) is 21.6. The maximum absolute atomic E-state index is 13.4. The molecule has 0 radical (unpaired) electrons. The molecule has 4 rings (SSSR count). The number of carbonyl (C=O) groups excluding carboxylic acids is 3. The second-order valence-electron chi connectivity index (χ2n) is 7.24. The number of imide groups is 2. The minimum atomic E-state index is -1.33. The van der Waals surface area contributed by atoms with E-state index < -0.39 is 23.3 Å². The Hall–Kier alpha value is -2.66. The number of fused-ring (bicyclic) bond motifs is 1. The number of barbiturate groups is 1. The van der Waals surface area contributed by atoms with Gasteiger partial charge in [0.05, 0.1) is 0 Å². The van der Waals surface area contributed by atoms with Gasteiger partial charge < -0.3 is 0 Å². The van der Waals surface area contributed by atoms with Crippen LogP contribution in [0.15, 0.2) is 48.5 Å². The molecule has 1 aliphatic carbocycles. The third-order valence-corrected chi connectivity index (χ3v) is 6.08. The first-order chi connectivity index (χ1) is 12.9. The van der Waals surface area contributed by atoms with Crippen LogP contribution in [0, 0.1) is 5.41 Å². The predicted octanol–water partition coefficient (Wildman–Crippen LogP) is 3.26. The summed E-state index contributed by atoms with van der Waals surface area (Å²) in [4.78, 5) is 41.2. The Morgan fingerprint density at radius 3 is 2.04 bits per heavy atom. The van der Waals surface area contributed by atoms with E-state index in [2.05, 4.69) is 0 Å². The van der Waals surface area contributed by atoms with Crippen LogP contribution in [-0.4, -0.2) is 41.7 Å². The molecule has 1 aliphatic heterocycles. The lowest BCUT2D eigenvalue weighted by molar-refractivity contribution is -0.159. The molecule has 0 saturated carbocycles. The molecular weight excluding hydrogens is 364 g/mol. The van der Waals surface area contributed by atoms with Gasteiger partial charge in [0.2, 0.25) is 11.8 Å². The van der Waals surface area contributed by atoms with Crippen molar-refractivity contribution in [1.82, 2.24) is 9.80 Å². The molecule has 1 fully saturated rings. The summed E-state index contributed by atoms with van der Waals surface area (Å²) in [5.74, 6) is -1.25. The number of halogens is 1. The van der Waals surface area contributed by atoms with Crippen LogP contribution >= 0.6 is 11.6 Å². The number of rotatable bonds is 1. The molecule has 0 aromatic heterocycles. The summed E-state index contributed by atoms with van der Waals surface area (Å²) in [6.45, 7) is 0. The highest BCUT2D eigenvalue weighted by Crippen LogP contribution is 2.49. The number of urea groups is 1. The Morgan fingerprint density at radius 1 is 0.889 bits per heavy atom. The van der Waals surface area contributed by atoms with Crippen molar-refractivity contribution in [2.75, 3.05) is 14.1 Å². The van der Waals surface area contributed by atoms with Crippen molar-refractivity contribution in [1.29, 1.82) is 0 Å². The van der Waals surface area contributed by atoms with E-state index in [-0.39, 0.29) is 12.3 Å². The fourth-order valence-electron chi connectivity index (χ4n) is 4.38. The molecule has 1 atom stereocenters. The summed E-state index contributed by atoms with van der Waals surface area (Å²) in [7, 11) is 2.88. The van der Waals surface area contributed by atoms with Gasteiger partial charge in [0, 0.05) is 25.0 Å². The van der Waals surface area contributed by atoms with E-state index >= 15 is 0 Å². The smallest absolute Gasteiger partial charge is 0.273 e. The van der Waals surface area contributed by atoms with Gasteiger partial charge in [0.15, 0.2) is 0 Å². The highest BCUT2D eigenvalue weighted by Gasteiger charge is 2.61. The monoisotopic (exact) mass is 382 g/mol.